The van der Waals surface area contributed by atoms with Gasteiger partial charge in [0.15, 0.2) is 0 Å². The van der Waals surface area contributed by atoms with Crippen LogP contribution in [0.2, 0.25) is 0 Å². The number of likely N-dealkylation sites (N-methyl/N-ethyl adjacent to an activating group) is 1. The Kier molecular flexibility index (Phi) is 12.8. The monoisotopic (exact) mass is 587 g/mol. The predicted molar refractivity (Wildman–Crippen MR) is 149 cm³/mol. The molecular formula is C28H39F6N7. The molecule has 0 bridgehead atoms. The highest BCUT2D eigenvalue weighted by Gasteiger charge is 2.37. The number of hydrogen-bond acceptors (Lipinski definition) is 4. The van der Waals surface area contributed by atoms with Crippen LogP contribution in [0.5, 0.6) is 0 Å². The lowest BCUT2D eigenvalue weighted by molar-refractivity contribution is -0.143. The summed E-state index contributed by atoms with van der Waals surface area (Å²) in [5.74, 6) is 1.03. The second-order valence-corrected chi connectivity index (χ2v) is 9.49. The van der Waals surface area contributed by atoms with E-state index in [1.165, 1.54) is 24.8 Å². The van der Waals surface area contributed by atoms with Crippen molar-refractivity contribution in [1.82, 2.24) is 9.80 Å². The van der Waals surface area contributed by atoms with Crippen molar-refractivity contribution in [2.45, 2.75) is 65.4 Å². The molecule has 2 aliphatic rings. The highest BCUT2D eigenvalue weighted by atomic mass is 19.4. The van der Waals surface area contributed by atoms with Gasteiger partial charge in [0, 0.05) is 31.8 Å². The molecule has 0 spiro atoms. The van der Waals surface area contributed by atoms with E-state index in [-0.39, 0.29) is 30.7 Å². The number of aliphatic imine (C=N–C) groups is 1. The zero-order valence-corrected chi connectivity index (χ0v) is 23.9. The van der Waals surface area contributed by atoms with Gasteiger partial charge in [-0.2, -0.15) is 31.5 Å². The Labute approximate surface area is 237 Å². The van der Waals surface area contributed by atoms with Crippen LogP contribution in [0, 0.1) is 5.92 Å². The normalized spacial score (nSPS) is 16.7. The molecule has 1 heterocycles. The minimum Gasteiger partial charge on any atom is -0.368 e. The lowest BCUT2D eigenvalue weighted by atomic mass is 10.0. The molecule has 1 aliphatic carbocycles. The Morgan fingerprint density at radius 3 is 2.15 bits per heavy atom. The van der Waals surface area contributed by atoms with E-state index in [9.17, 15) is 26.3 Å². The first-order valence-corrected chi connectivity index (χ1v) is 13.7. The van der Waals surface area contributed by atoms with Crippen LogP contribution in [-0.4, -0.2) is 54.8 Å². The minimum atomic E-state index is -4.97. The molecule has 13 heteroatoms. The van der Waals surface area contributed by atoms with E-state index < -0.39 is 23.5 Å². The Bertz CT molecular complexity index is 1100. The third-order valence-electron chi connectivity index (χ3n) is 6.64. The van der Waals surface area contributed by atoms with Gasteiger partial charge in [-0.25, -0.2) is 0 Å². The van der Waals surface area contributed by atoms with Crippen LogP contribution < -0.4 is 5.73 Å². The molecule has 2 N–H and O–H groups in total. The number of rotatable bonds is 8. The molecule has 228 valence electrons. The van der Waals surface area contributed by atoms with Gasteiger partial charge in [0.1, 0.15) is 5.84 Å². The lowest BCUT2D eigenvalue weighted by Gasteiger charge is -2.31. The van der Waals surface area contributed by atoms with Crippen LogP contribution in [0.25, 0.3) is 0 Å². The molecule has 1 aromatic rings. The van der Waals surface area contributed by atoms with E-state index in [1.807, 2.05) is 39.0 Å². The van der Waals surface area contributed by atoms with Crippen LogP contribution in [-0.2, 0) is 18.9 Å². The molecular weight excluding hydrogens is 548 g/mol. The maximum atomic E-state index is 13.5. The quantitative estimate of drug-likeness (QED) is 0.114. The van der Waals surface area contributed by atoms with Crippen LogP contribution in [0.3, 0.4) is 0 Å². The van der Waals surface area contributed by atoms with Gasteiger partial charge in [-0.05, 0) is 54.7 Å². The average molecular weight is 588 g/mol. The maximum Gasteiger partial charge on any atom is 0.416 e. The van der Waals surface area contributed by atoms with Crippen LogP contribution in [0.4, 0.5) is 26.3 Å². The number of nitrogens with two attached hydrogens (primary N) is 1. The highest BCUT2D eigenvalue weighted by Crippen LogP contribution is 2.36. The number of benzene rings is 1. The molecule has 0 amide bonds. The Balaban J connectivity index is 0.00000287. The molecule has 0 aromatic heterocycles. The third-order valence-corrected chi connectivity index (χ3v) is 6.64. The summed E-state index contributed by atoms with van der Waals surface area (Å²) in [5.41, 5.74) is 3.80. The SMILES string of the molecule is CC.CCN(CC1CCCC1)C1=NCC=CC=C1CN(Cc1cc(C(F)(F)F)cc(C(F)(F)F)c1)/C(N)=N/N=NC. The number of nitrogens with zero attached hydrogens (tertiary/aromatic N) is 6. The maximum absolute atomic E-state index is 13.5. The predicted octanol–water partition coefficient (Wildman–Crippen LogP) is 7.27. The van der Waals surface area contributed by atoms with Crippen LogP contribution >= 0.6 is 0 Å². The lowest BCUT2D eigenvalue weighted by Crippen LogP contribution is -2.42. The molecule has 0 atom stereocenters. The van der Waals surface area contributed by atoms with Gasteiger partial charge >= 0.3 is 12.4 Å². The average Bonchev–Trinajstić information content (AvgIpc) is 3.34. The van der Waals surface area contributed by atoms with Gasteiger partial charge in [0.25, 0.3) is 0 Å². The number of alkyl halides is 6. The largest absolute Gasteiger partial charge is 0.416 e. The van der Waals surface area contributed by atoms with Crippen molar-refractivity contribution >= 4 is 11.8 Å². The summed E-state index contributed by atoms with van der Waals surface area (Å²) in [6.45, 7) is 7.59. The van der Waals surface area contributed by atoms with Crippen molar-refractivity contribution in [2.75, 3.05) is 33.2 Å². The summed E-state index contributed by atoms with van der Waals surface area (Å²) in [7, 11) is 1.36. The smallest absolute Gasteiger partial charge is 0.368 e. The Morgan fingerprint density at radius 1 is 1.00 bits per heavy atom. The number of halogens is 6. The van der Waals surface area contributed by atoms with E-state index in [2.05, 4.69) is 20.3 Å². The summed E-state index contributed by atoms with van der Waals surface area (Å²) >= 11 is 0. The first-order valence-electron chi connectivity index (χ1n) is 13.7. The zero-order valence-electron chi connectivity index (χ0n) is 23.9. The molecule has 1 aromatic carbocycles. The van der Waals surface area contributed by atoms with Crippen molar-refractivity contribution in [3.63, 3.8) is 0 Å². The van der Waals surface area contributed by atoms with E-state index in [0.29, 0.717) is 42.5 Å². The first kappa shape index (κ1) is 33.8. The number of guanidine groups is 1. The van der Waals surface area contributed by atoms with Crippen molar-refractivity contribution < 1.29 is 26.3 Å². The zero-order chi connectivity index (χ0) is 30.6. The molecule has 1 fully saturated rings. The van der Waals surface area contributed by atoms with E-state index in [4.69, 9.17) is 10.7 Å². The number of amidine groups is 1. The van der Waals surface area contributed by atoms with Gasteiger partial charge in [0.05, 0.1) is 24.7 Å². The number of hydrogen-bond donors (Lipinski definition) is 1. The molecule has 0 saturated heterocycles. The molecule has 0 radical (unpaired) electrons. The fourth-order valence-corrected chi connectivity index (χ4v) is 4.77. The summed E-state index contributed by atoms with van der Waals surface area (Å²) in [5, 5.41) is 10.8. The van der Waals surface area contributed by atoms with E-state index in [1.54, 1.807) is 0 Å². The highest BCUT2D eigenvalue weighted by molar-refractivity contribution is 6.00. The van der Waals surface area contributed by atoms with Crippen LogP contribution in [0.15, 0.2) is 62.4 Å². The fraction of sp³-hybridized carbons (Fsp3) is 0.571. The molecule has 3 rings (SSSR count). The first-order chi connectivity index (χ1) is 19.4. The van der Waals surface area contributed by atoms with E-state index in [0.717, 1.165) is 19.4 Å². The molecule has 1 saturated carbocycles. The van der Waals surface area contributed by atoms with Crippen molar-refractivity contribution in [3.8, 4) is 0 Å². The Morgan fingerprint density at radius 2 is 1.61 bits per heavy atom. The standard InChI is InChI=1S/C26H33F6N7.C2H6/c1-3-38(15-18-8-4-5-9-18)23-20(10-6-7-11-35-23)17-39(24(33)36-37-34-2)16-19-12-21(25(27,28)29)14-22(13-19)26(30,31)32;1-2/h6-7,10,12-14,18H,3-5,8-9,11,15-17H2,1-2H3,(H2,33,34,36);1-2H3. The summed E-state index contributed by atoms with van der Waals surface area (Å²) in [4.78, 5) is 8.27. The minimum absolute atomic E-state index is 0.0243. The fourth-order valence-electron chi connectivity index (χ4n) is 4.77. The molecule has 7 nitrogen and oxygen atoms in total. The van der Waals surface area contributed by atoms with E-state index >= 15 is 0 Å². The molecule has 0 unspecified atom stereocenters. The third kappa shape index (κ3) is 10.2. The van der Waals surface area contributed by atoms with Gasteiger partial charge in [-0.3, -0.25) is 4.99 Å². The second-order valence-electron chi connectivity index (χ2n) is 9.49. The van der Waals surface area contributed by atoms with Gasteiger partial charge < -0.3 is 15.5 Å². The van der Waals surface area contributed by atoms with Gasteiger partial charge in [-0.15, -0.1) is 0 Å². The topological polar surface area (TPSA) is 81.9 Å². The van der Waals surface area contributed by atoms with Crippen molar-refractivity contribution in [1.29, 1.82) is 0 Å². The summed E-state index contributed by atoms with van der Waals surface area (Å²) in [6.07, 6.45) is 0.214. The van der Waals surface area contributed by atoms with Crippen molar-refractivity contribution in [3.05, 3.63) is 58.7 Å². The van der Waals surface area contributed by atoms with Gasteiger partial charge in [-0.1, -0.05) is 50.0 Å². The summed E-state index contributed by atoms with van der Waals surface area (Å²) in [6, 6.07) is 1.47. The Hall–Kier alpha value is -3.38. The van der Waals surface area contributed by atoms with Gasteiger partial charge in [0.2, 0.25) is 5.96 Å². The second kappa shape index (κ2) is 15.6. The van der Waals surface area contributed by atoms with Crippen molar-refractivity contribution in [2.24, 2.45) is 32.1 Å². The molecule has 1 aliphatic heterocycles. The van der Waals surface area contributed by atoms with Crippen LogP contribution in [0.1, 0.15) is 63.1 Å². The summed E-state index contributed by atoms with van der Waals surface area (Å²) < 4.78 is 80.8. The number of allylic oxidation sites excluding steroid dienone is 2. The molecule has 41 heavy (non-hydrogen) atoms.